The summed E-state index contributed by atoms with van der Waals surface area (Å²) in [6, 6.07) is 0. The second-order valence-electron chi connectivity index (χ2n) is 0.620. The molecule has 0 rings (SSSR count). The highest BCUT2D eigenvalue weighted by atomic mass is 35.6. The zero-order valence-corrected chi connectivity index (χ0v) is 7.51. The largest absolute Gasteiger partial charge is 0.456 e. The molecular weight excluding hydrogens is 242 g/mol. The van der Waals surface area contributed by atoms with Gasteiger partial charge in [-0.05, 0) is 0 Å². The highest BCUT2D eigenvalue weighted by molar-refractivity contribution is 7.40. The van der Waals surface area contributed by atoms with Crippen molar-refractivity contribution in [3.05, 3.63) is 0 Å². The third-order valence-corrected chi connectivity index (χ3v) is 0. The summed E-state index contributed by atoms with van der Waals surface area (Å²) in [6.45, 7) is 0. The average Bonchev–Trinajstić information content (AvgIpc) is 1.19. The molecule has 0 N–H and O–H groups in total. The van der Waals surface area contributed by atoms with E-state index >= 15 is 0 Å². The summed E-state index contributed by atoms with van der Waals surface area (Å²) in [5, 5.41) is 0. The minimum absolute atomic E-state index is 1.61. The van der Waals surface area contributed by atoms with Crippen LogP contribution >= 0.6 is 55.3 Å². The highest BCUT2D eigenvalue weighted by Gasteiger charge is 2.11. The summed E-state index contributed by atoms with van der Waals surface area (Å²) < 4.78 is 27.6. The monoisotopic (exact) mass is 240 g/mol. The van der Waals surface area contributed by atoms with Gasteiger partial charge in [-0.2, -0.15) is 12.6 Å². The first-order valence-electron chi connectivity index (χ1n) is 1.26. The molecule has 0 atom stereocenters. The summed E-state index contributed by atoms with van der Waals surface area (Å²) in [7, 11) is -4.12. The van der Waals surface area contributed by atoms with Crippen LogP contribution in [0, 0.1) is 0 Å². The number of alkyl halides is 4. The fourth-order valence-electron chi connectivity index (χ4n) is 0. The number of hydrogen-bond acceptors (Lipinski definition) is 0. The lowest BCUT2D eigenvalue weighted by atomic mass is 11.8. The molecule has 0 amide bonds. The van der Waals surface area contributed by atoms with E-state index < -0.39 is 12.1 Å². The van der Waals surface area contributed by atoms with Gasteiger partial charge in [-0.25, -0.2) is 0 Å². The molecular formula is CCl4F3P. The zero-order chi connectivity index (χ0) is 8.08. The van der Waals surface area contributed by atoms with Gasteiger partial charge in [0.25, 0.3) is 3.25 Å². The molecule has 9 heavy (non-hydrogen) atoms. The van der Waals surface area contributed by atoms with E-state index in [1.54, 1.807) is 0 Å². The summed E-state index contributed by atoms with van der Waals surface area (Å²) in [5.41, 5.74) is 0. The minimum atomic E-state index is -4.12. The van der Waals surface area contributed by atoms with Crippen molar-refractivity contribution in [2.75, 3.05) is 0 Å². The van der Waals surface area contributed by atoms with Crippen molar-refractivity contribution >= 4 is 55.3 Å². The molecule has 0 aliphatic rings. The number of rotatable bonds is 0. The van der Waals surface area contributed by atoms with E-state index in [-0.39, 0.29) is 0 Å². The molecule has 0 saturated heterocycles. The molecule has 0 fully saturated rings. The third kappa shape index (κ3) is 268. The van der Waals surface area contributed by atoms with Gasteiger partial charge >= 0.3 is 8.85 Å². The molecule has 0 aliphatic carbocycles. The maximum absolute atomic E-state index is 9.73. The molecule has 0 aromatic rings. The standard InChI is InChI=1S/CCl4.F3P/c2-1(3,4)5;1-4(2)3. The number of halogens is 7. The van der Waals surface area contributed by atoms with Crippen molar-refractivity contribution in [2.45, 2.75) is 3.25 Å². The van der Waals surface area contributed by atoms with Crippen LogP contribution in [0.2, 0.25) is 0 Å². The second-order valence-corrected chi connectivity index (χ2v) is 4.43. The predicted molar refractivity (Wildman–Crippen MR) is 36.4 cm³/mol. The molecule has 0 aromatic carbocycles. The Balaban J connectivity index is 0. The number of hydrogen-bond donors (Lipinski definition) is 0. The summed E-state index contributed by atoms with van der Waals surface area (Å²) in [6.07, 6.45) is 0. The van der Waals surface area contributed by atoms with Gasteiger partial charge in [0.15, 0.2) is 0 Å². The van der Waals surface area contributed by atoms with E-state index in [1.807, 2.05) is 0 Å². The Morgan fingerprint density at radius 1 is 0.889 bits per heavy atom. The van der Waals surface area contributed by atoms with Crippen molar-refractivity contribution in [1.82, 2.24) is 0 Å². The Hall–Kier alpha value is 1.38. The van der Waals surface area contributed by atoms with Crippen LogP contribution in [-0.2, 0) is 0 Å². The maximum Gasteiger partial charge on any atom is 0.456 e. The molecule has 8 heteroatoms. The van der Waals surface area contributed by atoms with Crippen molar-refractivity contribution < 1.29 is 12.6 Å². The van der Waals surface area contributed by atoms with Crippen molar-refractivity contribution in [2.24, 2.45) is 0 Å². The Kier molecular flexibility index (Phi) is 8.83. The normalized spacial score (nSPS) is 10.7. The van der Waals surface area contributed by atoms with Crippen LogP contribution < -0.4 is 0 Å². The summed E-state index contributed by atoms with van der Waals surface area (Å²) in [5.74, 6) is 0. The first-order chi connectivity index (χ1) is 3.73. The fourth-order valence-corrected chi connectivity index (χ4v) is 0. The molecule has 0 aromatic heterocycles. The van der Waals surface area contributed by atoms with Gasteiger partial charge in [0.05, 0.1) is 0 Å². The Morgan fingerprint density at radius 3 is 0.889 bits per heavy atom. The molecule has 0 unspecified atom stereocenters. The smallest absolute Gasteiger partial charge is 0.152 e. The molecule has 0 spiro atoms. The summed E-state index contributed by atoms with van der Waals surface area (Å²) in [4.78, 5) is 0. The molecule has 0 bridgehead atoms. The molecule has 0 heterocycles. The van der Waals surface area contributed by atoms with Crippen LogP contribution in [-0.4, -0.2) is 3.25 Å². The topological polar surface area (TPSA) is 0 Å². The second kappa shape index (κ2) is 6.11. The van der Waals surface area contributed by atoms with E-state index in [9.17, 15) is 12.6 Å². The van der Waals surface area contributed by atoms with Crippen LogP contribution in [0.1, 0.15) is 0 Å². The van der Waals surface area contributed by atoms with E-state index in [1.165, 1.54) is 0 Å². The zero-order valence-electron chi connectivity index (χ0n) is 3.59. The first-order valence-corrected chi connectivity index (χ1v) is 3.79. The maximum atomic E-state index is 9.73. The predicted octanol–water partition coefficient (Wildman–Crippen LogP) is 4.67. The van der Waals surface area contributed by atoms with Crippen LogP contribution in [0.25, 0.3) is 0 Å². The van der Waals surface area contributed by atoms with Gasteiger partial charge in [-0.3, -0.25) is 0 Å². The fraction of sp³-hybridized carbons (Fsp3) is 1.00. The lowest BCUT2D eigenvalue weighted by Crippen LogP contribution is -1.81. The van der Waals surface area contributed by atoms with Gasteiger partial charge < -0.3 is 0 Å². The van der Waals surface area contributed by atoms with Crippen LogP contribution in [0.15, 0.2) is 0 Å². The molecule has 0 aliphatic heterocycles. The van der Waals surface area contributed by atoms with Gasteiger partial charge in [0.1, 0.15) is 0 Å². The lowest BCUT2D eigenvalue weighted by Gasteiger charge is -1.91. The molecule has 58 valence electrons. The highest BCUT2D eigenvalue weighted by Crippen LogP contribution is 2.39. The quantitative estimate of drug-likeness (QED) is 0.427. The van der Waals surface area contributed by atoms with Crippen LogP contribution in [0.5, 0.6) is 0 Å². The van der Waals surface area contributed by atoms with E-state index in [0.717, 1.165) is 0 Å². The van der Waals surface area contributed by atoms with Gasteiger partial charge in [0, 0.05) is 0 Å². The van der Waals surface area contributed by atoms with E-state index in [4.69, 9.17) is 46.4 Å². The Bertz CT molecular complexity index is 52.6. The lowest BCUT2D eigenvalue weighted by molar-refractivity contribution is 0.633. The van der Waals surface area contributed by atoms with Gasteiger partial charge in [0.2, 0.25) is 0 Å². The SMILES string of the molecule is ClC(Cl)(Cl)Cl.FP(F)F. The van der Waals surface area contributed by atoms with E-state index in [2.05, 4.69) is 0 Å². The summed E-state index contributed by atoms with van der Waals surface area (Å²) >= 11 is 19.3. The van der Waals surface area contributed by atoms with Crippen LogP contribution in [0.3, 0.4) is 0 Å². The van der Waals surface area contributed by atoms with Crippen LogP contribution in [0.4, 0.5) is 12.6 Å². The molecule has 0 nitrogen and oxygen atoms in total. The average molecular weight is 242 g/mol. The third-order valence-electron chi connectivity index (χ3n) is 0. The minimum Gasteiger partial charge on any atom is -0.152 e. The Morgan fingerprint density at radius 2 is 0.889 bits per heavy atom. The van der Waals surface area contributed by atoms with Gasteiger partial charge in [-0.1, -0.05) is 46.4 Å². The Labute approximate surface area is 71.3 Å². The van der Waals surface area contributed by atoms with Gasteiger partial charge in [-0.15, -0.1) is 0 Å². The first kappa shape index (κ1) is 13.0. The van der Waals surface area contributed by atoms with Crippen molar-refractivity contribution in [1.29, 1.82) is 0 Å². The molecule has 0 radical (unpaired) electrons. The van der Waals surface area contributed by atoms with Crippen molar-refractivity contribution in [3.63, 3.8) is 0 Å². The van der Waals surface area contributed by atoms with E-state index in [0.29, 0.717) is 0 Å². The van der Waals surface area contributed by atoms with Crippen molar-refractivity contribution in [3.8, 4) is 0 Å². The molecule has 0 saturated carbocycles.